The number of unbranched alkanes of at least 4 members (excludes halogenated alkanes) is 7. The number of nitrogens with one attached hydrogen (secondary N) is 2. The van der Waals surface area contributed by atoms with Gasteiger partial charge < -0.3 is 25.3 Å². The number of phenols is 2. The Bertz CT molecular complexity index is 1690. The molecule has 8 nitrogen and oxygen atoms in total. The van der Waals surface area contributed by atoms with Crippen LogP contribution >= 0.6 is 35.6 Å². The fraction of sp³-hybridized carbons (Fsp3) is 0.424. The number of carbonyl (C=O) groups excluding carboxylic acids is 1. The lowest BCUT2D eigenvalue weighted by Gasteiger charge is -2.22. The molecule has 0 atom stereocenters. The summed E-state index contributed by atoms with van der Waals surface area (Å²) >= 11 is 12.9. The van der Waals surface area contributed by atoms with Gasteiger partial charge in [-0.3, -0.25) is 14.6 Å². The van der Waals surface area contributed by atoms with Crippen molar-refractivity contribution in [1.82, 2.24) is 10.3 Å². The number of fused-ring (bicyclic) bond motifs is 3. The van der Waals surface area contributed by atoms with Crippen LogP contribution in [0, 0.1) is 0 Å². The molecule has 11 heteroatoms. The Morgan fingerprint density at radius 2 is 1.52 bits per heavy atom. The van der Waals surface area contributed by atoms with Crippen molar-refractivity contribution in [2.24, 2.45) is 0 Å². The Balaban J connectivity index is 0.00000442. The third-order valence-electron chi connectivity index (χ3n) is 8.02. The van der Waals surface area contributed by atoms with Crippen molar-refractivity contribution >= 4 is 69.1 Å². The standard InChI is InChI=1S/C33H37Cl2N3O5.ClH/c34-20-15-23(35)31-25(16-20)38-24-12-8-7-11-21(24)32(31)36-13-9-5-3-1-2-4-6-10-14-37-33(42)30-18-26(39)22-17-27(40)28(41)19-29(22)43-30;/h15-19,40-41H,1-14H2,(H,36,38)(H,37,42);1H. The van der Waals surface area contributed by atoms with Crippen molar-refractivity contribution in [2.45, 2.75) is 77.0 Å². The molecule has 1 aliphatic rings. The first-order chi connectivity index (χ1) is 20.8. The summed E-state index contributed by atoms with van der Waals surface area (Å²) < 4.78 is 5.47. The van der Waals surface area contributed by atoms with E-state index < -0.39 is 22.8 Å². The fourth-order valence-corrected chi connectivity index (χ4v) is 6.35. The van der Waals surface area contributed by atoms with Gasteiger partial charge in [-0.25, -0.2) is 0 Å². The molecule has 4 aromatic rings. The lowest BCUT2D eigenvalue weighted by molar-refractivity contribution is 0.0925. The number of pyridine rings is 1. The number of carbonyl (C=O) groups is 1. The lowest BCUT2D eigenvalue weighted by atomic mass is 9.92. The van der Waals surface area contributed by atoms with Crippen LogP contribution in [-0.4, -0.2) is 34.2 Å². The van der Waals surface area contributed by atoms with Crippen LogP contribution < -0.4 is 16.1 Å². The molecule has 2 aromatic heterocycles. The van der Waals surface area contributed by atoms with Crippen molar-refractivity contribution in [3.8, 4) is 11.5 Å². The summed E-state index contributed by atoms with van der Waals surface area (Å²) in [5, 5.41) is 28.0. The maximum Gasteiger partial charge on any atom is 0.287 e. The van der Waals surface area contributed by atoms with E-state index in [9.17, 15) is 19.8 Å². The zero-order valence-corrected chi connectivity index (χ0v) is 26.8. The van der Waals surface area contributed by atoms with Gasteiger partial charge in [0, 0.05) is 41.3 Å². The fourth-order valence-electron chi connectivity index (χ4n) is 5.77. The first kappa shape index (κ1) is 33.7. The average molecular weight is 663 g/mol. The second kappa shape index (κ2) is 15.7. The number of aromatic nitrogens is 1. The van der Waals surface area contributed by atoms with E-state index in [2.05, 4.69) is 10.6 Å². The Hall–Kier alpha value is -3.20. The Morgan fingerprint density at radius 1 is 0.864 bits per heavy atom. The molecule has 2 aromatic carbocycles. The summed E-state index contributed by atoms with van der Waals surface area (Å²) in [6.07, 6.45) is 13.0. The summed E-state index contributed by atoms with van der Waals surface area (Å²) in [4.78, 5) is 29.6. The molecule has 1 amide bonds. The number of rotatable bonds is 13. The minimum Gasteiger partial charge on any atom is -0.504 e. The predicted molar refractivity (Wildman–Crippen MR) is 179 cm³/mol. The van der Waals surface area contributed by atoms with Gasteiger partial charge in [-0.2, -0.15) is 0 Å². The van der Waals surface area contributed by atoms with Crippen molar-refractivity contribution in [2.75, 3.05) is 18.4 Å². The van der Waals surface area contributed by atoms with E-state index in [-0.39, 0.29) is 29.1 Å². The normalized spacial score (nSPS) is 12.6. The molecule has 0 unspecified atom stereocenters. The number of hydrogen-bond acceptors (Lipinski definition) is 7. The van der Waals surface area contributed by atoms with Crippen LogP contribution in [0.1, 0.15) is 86.0 Å². The molecule has 0 aliphatic heterocycles. The van der Waals surface area contributed by atoms with Crippen LogP contribution in [0.3, 0.4) is 0 Å². The number of nitrogens with zero attached hydrogens (tertiary/aromatic N) is 1. The topological polar surface area (TPSA) is 125 Å². The van der Waals surface area contributed by atoms with E-state index in [0.29, 0.717) is 16.6 Å². The van der Waals surface area contributed by atoms with Crippen LogP contribution in [0.25, 0.3) is 21.9 Å². The summed E-state index contributed by atoms with van der Waals surface area (Å²) in [7, 11) is 0. The summed E-state index contributed by atoms with van der Waals surface area (Å²) in [6.45, 7) is 1.38. The third kappa shape index (κ3) is 8.09. The number of halogens is 3. The minimum atomic E-state index is -0.480. The van der Waals surface area contributed by atoms with E-state index >= 15 is 0 Å². The van der Waals surface area contributed by atoms with Crippen molar-refractivity contribution < 1.29 is 19.4 Å². The van der Waals surface area contributed by atoms with Gasteiger partial charge in [-0.05, 0) is 62.3 Å². The molecule has 0 saturated carbocycles. The first-order valence-corrected chi connectivity index (χ1v) is 15.9. The van der Waals surface area contributed by atoms with Gasteiger partial charge in [-0.1, -0.05) is 61.7 Å². The maximum atomic E-state index is 12.4. The van der Waals surface area contributed by atoms with E-state index in [0.717, 1.165) is 92.7 Å². The van der Waals surface area contributed by atoms with Gasteiger partial charge in [-0.15, -0.1) is 12.4 Å². The number of anilines is 1. The molecule has 44 heavy (non-hydrogen) atoms. The molecule has 0 fully saturated rings. The zero-order valence-electron chi connectivity index (χ0n) is 24.5. The van der Waals surface area contributed by atoms with Crippen LogP contribution in [0.4, 0.5) is 5.69 Å². The molecule has 2 heterocycles. The SMILES string of the molecule is Cl.O=C(NCCCCCCCCCCNc1c2c(nc3cc(Cl)cc(Cl)c13)CCCC2)c1cc(=O)c2cc(O)c(O)cc2o1. The highest BCUT2D eigenvalue weighted by Gasteiger charge is 2.20. The Kier molecular flexibility index (Phi) is 12.0. The van der Waals surface area contributed by atoms with Gasteiger partial charge in [0.2, 0.25) is 0 Å². The van der Waals surface area contributed by atoms with Crippen LogP contribution in [-0.2, 0) is 12.8 Å². The molecule has 0 bridgehead atoms. The molecular formula is C33H38Cl3N3O5. The van der Waals surface area contributed by atoms with E-state index in [1.807, 2.05) is 6.07 Å². The van der Waals surface area contributed by atoms with E-state index in [1.165, 1.54) is 36.9 Å². The number of hydrogen-bond donors (Lipinski definition) is 4. The highest BCUT2D eigenvalue weighted by Crippen LogP contribution is 2.38. The highest BCUT2D eigenvalue weighted by atomic mass is 35.5. The van der Waals surface area contributed by atoms with Gasteiger partial charge in [0.1, 0.15) is 5.58 Å². The van der Waals surface area contributed by atoms with Gasteiger partial charge in [0.25, 0.3) is 5.91 Å². The summed E-state index contributed by atoms with van der Waals surface area (Å²) in [5.74, 6) is -1.44. The molecule has 5 rings (SSSR count). The van der Waals surface area contributed by atoms with E-state index in [1.54, 1.807) is 6.07 Å². The second-order valence-corrected chi connectivity index (χ2v) is 12.1. The quantitative estimate of drug-likeness (QED) is 0.0838. The van der Waals surface area contributed by atoms with E-state index in [4.69, 9.17) is 32.6 Å². The number of aryl methyl sites for hydroxylation is 1. The largest absolute Gasteiger partial charge is 0.504 e. The Morgan fingerprint density at radius 3 is 2.27 bits per heavy atom. The second-order valence-electron chi connectivity index (χ2n) is 11.2. The molecule has 0 saturated heterocycles. The molecule has 1 aliphatic carbocycles. The van der Waals surface area contributed by atoms with Crippen LogP contribution in [0.5, 0.6) is 11.5 Å². The summed E-state index contributed by atoms with van der Waals surface area (Å²) in [6, 6.07) is 7.05. The molecule has 236 valence electrons. The highest BCUT2D eigenvalue weighted by molar-refractivity contribution is 6.39. The number of phenolic OH excluding ortho intramolecular Hbond substituents is 2. The minimum absolute atomic E-state index is 0. The molecular weight excluding hydrogens is 625 g/mol. The number of benzene rings is 2. The monoisotopic (exact) mass is 661 g/mol. The van der Waals surface area contributed by atoms with Crippen molar-refractivity contribution in [3.05, 3.63) is 67.6 Å². The van der Waals surface area contributed by atoms with Crippen LogP contribution in [0.15, 0.2) is 39.5 Å². The maximum absolute atomic E-state index is 12.4. The molecule has 0 spiro atoms. The smallest absolute Gasteiger partial charge is 0.287 e. The molecule has 4 N–H and O–H groups in total. The lowest BCUT2D eigenvalue weighted by Crippen LogP contribution is -2.25. The number of amides is 1. The third-order valence-corrected chi connectivity index (χ3v) is 8.54. The van der Waals surface area contributed by atoms with Gasteiger partial charge in [0.15, 0.2) is 22.7 Å². The Labute approximate surface area is 272 Å². The summed E-state index contributed by atoms with van der Waals surface area (Å²) in [5.41, 5.74) is 4.06. The molecule has 0 radical (unpaired) electrons. The van der Waals surface area contributed by atoms with Crippen molar-refractivity contribution in [3.63, 3.8) is 0 Å². The first-order valence-electron chi connectivity index (χ1n) is 15.1. The van der Waals surface area contributed by atoms with Gasteiger partial charge >= 0.3 is 0 Å². The van der Waals surface area contributed by atoms with Crippen molar-refractivity contribution in [1.29, 1.82) is 0 Å². The van der Waals surface area contributed by atoms with Crippen LogP contribution in [0.2, 0.25) is 10.0 Å². The predicted octanol–water partition coefficient (Wildman–Crippen LogP) is 8.32. The average Bonchev–Trinajstić information content (AvgIpc) is 2.97. The van der Waals surface area contributed by atoms with Gasteiger partial charge in [0.05, 0.1) is 21.6 Å². The number of aromatic hydroxyl groups is 2. The zero-order chi connectivity index (χ0) is 30.3.